The summed E-state index contributed by atoms with van der Waals surface area (Å²) in [6, 6.07) is 85.8. The van der Waals surface area contributed by atoms with Crippen molar-refractivity contribution in [2.45, 2.75) is 0 Å². The number of para-hydroxylation sites is 4. The summed E-state index contributed by atoms with van der Waals surface area (Å²) in [5, 5.41) is 5.15. The Hall–Kier alpha value is -9.16. The van der Waals surface area contributed by atoms with E-state index in [4.69, 9.17) is 15.0 Å². The van der Waals surface area contributed by atoms with Crippen molar-refractivity contribution in [2.75, 3.05) is 4.67 Å². The summed E-state index contributed by atoms with van der Waals surface area (Å²) in [7, 11) is -4.02. The summed E-state index contributed by atoms with van der Waals surface area (Å²) in [4.78, 5) is 15.5. The van der Waals surface area contributed by atoms with Gasteiger partial charge in [0.25, 0.3) is 7.29 Å². The molecule has 8 heteroatoms. The molecule has 14 rings (SSSR count). The molecule has 13 aromatic rings. The lowest BCUT2D eigenvalue weighted by molar-refractivity contribution is 0.585. The van der Waals surface area contributed by atoms with E-state index in [1.807, 2.05) is 89.6 Å². The number of hydrogen-bond donors (Lipinski definition) is 0. The molecular weight excluding hydrogens is 888 g/mol. The third-order valence-corrected chi connectivity index (χ3v) is 16.7. The van der Waals surface area contributed by atoms with Crippen LogP contribution in [0.15, 0.2) is 249 Å². The van der Waals surface area contributed by atoms with Crippen LogP contribution in [-0.4, -0.2) is 24.1 Å². The molecule has 0 aliphatic carbocycles. The molecule has 334 valence electrons. The van der Waals surface area contributed by atoms with Crippen LogP contribution in [0.3, 0.4) is 0 Å². The van der Waals surface area contributed by atoms with Gasteiger partial charge in [-0.15, -0.1) is 0 Å². The van der Waals surface area contributed by atoms with Crippen LogP contribution in [0.4, 0.5) is 11.4 Å². The predicted molar refractivity (Wildman–Crippen MR) is 292 cm³/mol. The van der Waals surface area contributed by atoms with E-state index in [0.717, 1.165) is 89.0 Å². The lowest BCUT2D eigenvalue weighted by Crippen LogP contribution is -2.37. The highest BCUT2D eigenvalue weighted by Gasteiger charge is 2.46. The molecule has 0 saturated carbocycles. The maximum Gasteiger partial charge on any atom is 0.270 e. The highest BCUT2D eigenvalue weighted by atomic mass is 31.2. The minimum Gasteiger partial charge on any atom is -0.309 e. The van der Waals surface area contributed by atoms with Crippen LogP contribution in [0.2, 0.25) is 0 Å². The number of rotatable bonds is 7. The minimum absolute atomic E-state index is 0.208. The van der Waals surface area contributed by atoms with Crippen LogP contribution in [0, 0.1) is 0 Å². The fourth-order valence-electron chi connectivity index (χ4n) is 10.7. The zero-order valence-electron chi connectivity index (χ0n) is 38.2. The van der Waals surface area contributed by atoms with E-state index in [-0.39, 0.29) is 5.57 Å². The van der Waals surface area contributed by atoms with Crippen molar-refractivity contribution in [2.24, 2.45) is 0 Å². The molecule has 1 aliphatic heterocycles. The average Bonchev–Trinajstić information content (AvgIpc) is 3.96. The molecule has 0 spiro atoms. The number of nitrogens with zero attached hydrogens (tertiary/aromatic N) is 6. The maximum atomic E-state index is 17.5. The van der Waals surface area contributed by atoms with Crippen LogP contribution in [0.5, 0.6) is 0 Å². The van der Waals surface area contributed by atoms with Gasteiger partial charge in [-0.2, -0.15) is 0 Å². The third-order valence-electron chi connectivity index (χ3n) is 13.9. The molecule has 0 radical (unpaired) electrons. The van der Waals surface area contributed by atoms with Crippen molar-refractivity contribution in [3.63, 3.8) is 0 Å². The number of anilines is 2. The molecule has 1 aliphatic rings. The van der Waals surface area contributed by atoms with Gasteiger partial charge >= 0.3 is 0 Å². The molecule has 0 fully saturated rings. The van der Waals surface area contributed by atoms with E-state index in [0.29, 0.717) is 17.0 Å². The summed E-state index contributed by atoms with van der Waals surface area (Å²) >= 11 is 0. The quantitative estimate of drug-likeness (QED) is 0.149. The first-order valence-corrected chi connectivity index (χ1v) is 25.5. The van der Waals surface area contributed by atoms with Gasteiger partial charge in [0.05, 0.1) is 27.8 Å². The predicted octanol–water partition coefficient (Wildman–Crippen LogP) is 15.1. The standard InChI is InChI=1S/C63H41N6OP/c70-71(63-65-61(42-19-5-1-6-20-42)64-62(66-63)43-21-7-2-8-22-43)60-32-18-15-29-51(60)53-40-45(44-33-36-57-52(39-44)49-27-13-16-30-55(49)67(57)46-23-9-3-10-24-46)34-37-59(53)69(71)48-35-38-58-54(41-48)50-28-14-17-31-56(50)68(58)47-25-11-4-12-26-47/h1-41H. The summed E-state index contributed by atoms with van der Waals surface area (Å²) in [6.45, 7) is 0. The molecule has 10 aromatic carbocycles. The Balaban J connectivity index is 1.02. The van der Waals surface area contributed by atoms with E-state index < -0.39 is 7.29 Å². The molecule has 3 aromatic heterocycles. The first-order valence-electron chi connectivity index (χ1n) is 23.8. The Morgan fingerprint density at radius 3 is 1.39 bits per heavy atom. The van der Waals surface area contributed by atoms with Gasteiger partial charge in [-0.05, 0) is 102 Å². The first kappa shape index (κ1) is 40.9. The fourth-order valence-corrected chi connectivity index (χ4v) is 13.5. The van der Waals surface area contributed by atoms with Gasteiger partial charge < -0.3 is 9.13 Å². The molecule has 71 heavy (non-hydrogen) atoms. The van der Waals surface area contributed by atoms with E-state index >= 15 is 4.57 Å². The molecule has 0 N–H and O–H groups in total. The average molecular weight is 929 g/mol. The number of hydrogen-bond acceptors (Lipinski definition) is 4. The van der Waals surface area contributed by atoms with Gasteiger partial charge in [0.1, 0.15) is 0 Å². The highest BCUT2D eigenvalue weighted by Crippen LogP contribution is 2.61. The smallest absolute Gasteiger partial charge is 0.270 e. The molecule has 4 heterocycles. The summed E-state index contributed by atoms with van der Waals surface area (Å²) < 4.78 is 24.1. The Kier molecular flexibility index (Phi) is 9.34. The molecule has 1 atom stereocenters. The van der Waals surface area contributed by atoms with Crippen molar-refractivity contribution in [1.82, 2.24) is 24.1 Å². The second-order valence-corrected chi connectivity index (χ2v) is 20.4. The van der Waals surface area contributed by atoms with E-state index in [1.54, 1.807) is 0 Å². The van der Waals surface area contributed by atoms with Gasteiger partial charge in [-0.1, -0.05) is 164 Å². The number of aromatic nitrogens is 5. The fraction of sp³-hybridized carbons (Fsp3) is 0. The third kappa shape index (κ3) is 6.44. The van der Waals surface area contributed by atoms with Crippen LogP contribution in [0.25, 0.3) is 100 Å². The van der Waals surface area contributed by atoms with Gasteiger partial charge in [0.15, 0.2) is 11.6 Å². The monoisotopic (exact) mass is 928 g/mol. The van der Waals surface area contributed by atoms with Gasteiger partial charge in [-0.3, -0.25) is 9.24 Å². The van der Waals surface area contributed by atoms with Crippen LogP contribution >= 0.6 is 7.29 Å². The number of fused-ring (bicyclic) bond motifs is 9. The summed E-state index contributed by atoms with van der Waals surface area (Å²) in [6.07, 6.45) is 0. The molecular formula is C63H41N6OP. The maximum absolute atomic E-state index is 17.5. The lowest BCUT2D eigenvalue weighted by Gasteiger charge is -2.39. The Morgan fingerprint density at radius 2 is 0.789 bits per heavy atom. The van der Waals surface area contributed by atoms with Gasteiger partial charge in [0, 0.05) is 60.6 Å². The second-order valence-electron chi connectivity index (χ2n) is 18.0. The van der Waals surface area contributed by atoms with Crippen molar-refractivity contribution in [3.8, 4) is 56.4 Å². The molecule has 0 bridgehead atoms. The van der Waals surface area contributed by atoms with Crippen molar-refractivity contribution in [3.05, 3.63) is 249 Å². The van der Waals surface area contributed by atoms with Gasteiger partial charge in [-0.25, -0.2) is 15.0 Å². The van der Waals surface area contributed by atoms with Crippen LogP contribution in [0.1, 0.15) is 0 Å². The zero-order valence-corrected chi connectivity index (χ0v) is 39.1. The van der Waals surface area contributed by atoms with Crippen molar-refractivity contribution >= 4 is 73.1 Å². The van der Waals surface area contributed by atoms with Crippen LogP contribution < -0.4 is 15.5 Å². The zero-order chi connectivity index (χ0) is 47.0. The van der Waals surface area contributed by atoms with Crippen molar-refractivity contribution < 1.29 is 4.57 Å². The summed E-state index contributed by atoms with van der Waals surface area (Å²) in [5.74, 6) is 0.905. The van der Waals surface area contributed by atoms with Crippen molar-refractivity contribution in [1.29, 1.82) is 0 Å². The second kappa shape index (κ2) is 16.2. The largest absolute Gasteiger partial charge is 0.309 e. The van der Waals surface area contributed by atoms with E-state index in [1.165, 1.54) is 10.8 Å². The molecule has 0 amide bonds. The first-order chi connectivity index (χ1) is 35.1. The Labute approximate surface area is 409 Å². The Bertz CT molecular complexity index is 4210. The topological polar surface area (TPSA) is 68.8 Å². The number of benzene rings is 10. The lowest BCUT2D eigenvalue weighted by atomic mass is 9.96. The highest BCUT2D eigenvalue weighted by molar-refractivity contribution is 7.80. The van der Waals surface area contributed by atoms with Gasteiger partial charge in [0.2, 0.25) is 5.57 Å². The van der Waals surface area contributed by atoms with Crippen LogP contribution in [-0.2, 0) is 4.57 Å². The SMILES string of the molecule is O=P1(c2nc(-c3ccccc3)nc(-c3ccccc3)n2)c2ccccc2-c2cc(-c3ccc4c(c3)c3ccccc3n4-c3ccccc3)ccc2N1c1ccc2c(c1)c1ccccc1n2-c1ccccc1. The normalized spacial score (nSPS) is 14.3. The Morgan fingerprint density at radius 1 is 0.324 bits per heavy atom. The summed E-state index contributed by atoms with van der Waals surface area (Å²) in [5.41, 5.74) is 14.0. The van der Waals surface area contributed by atoms with E-state index in [2.05, 4.69) is 173 Å². The molecule has 7 nitrogen and oxygen atoms in total. The van der Waals surface area contributed by atoms with E-state index in [9.17, 15) is 0 Å². The minimum atomic E-state index is -4.02. The molecule has 0 saturated heterocycles. The molecule has 1 unspecified atom stereocenters.